The number of methoxy groups -OCH3 is 1. The molecule has 3 saturated carbocycles. The fourth-order valence-corrected chi connectivity index (χ4v) is 6.67. The molecule has 0 aromatic heterocycles. The highest BCUT2D eigenvalue weighted by Gasteiger charge is 2.66. The topological polar surface area (TPSA) is 29.5 Å². The number of fused-ring (bicyclic) bond motifs is 2. The van der Waals surface area contributed by atoms with E-state index in [4.69, 9.17) is 4.74 Å². The first-order chi connectivity index (χ1) is 12.2. The van der Waals surface area contributed by atoms with Gasteiger partial charge in [-0.05, 0) is 79.7 Å². The molecule has 0 N–H and O–H groups in total. The molecule has 132 valence electrons. The largest absolute Gasteiger partial charge is 0.497 e. The van der Waals surface area contributed by atoms with Crippen LogP contribution >= 0.6 is 0 Å². The molecule has 5 atom stereocenters. The van der Waals surface area contributed by atoms with E-state index in [0.29, 0.717) is 29.6 Å². The zero-order valence-corrected chi connectivity index (χ0v) is 15.0. The van der Waals surface area contributed by atoms with Gasteiger partial charge in [-0.3, -0.25) is 9.69 Å². The molecule has 0 spiro atoms. The van der Waals surface area contributed by atoms with E-state index in [-0.39, 0.29) is 5.41 Å². The normalized spacial score (nSPS) is 41.6. The van der Waals surface area contributed by atoms with E-state index >= 15 is 0 Å². The molecule has 1 aliphatic heterocycles. The van der Waals surface area contributed by atoms with Gasteiger partial charge in [-0.2, -0.15) is 0 Å². The monoisotopic (exact) mass is 337 g/mol. The Labute approximate surface area is 149 Å². The Morgan fingerprint density at radius 2 is 2.20 bits per heavy atom. The van der Waals surface area contributed by atoms with Crippen LogP contribution < -0.4 is 4.74 Å². The third-order valence-corrected chi connectivity index (χ3v) is 8.04. The number of ether oxygens (including phenoxy) is 1. The number of piperidine rings is 1. The first-order valence-electron chi connectivity index (χ1n) is 10.1. The number of hydrogen-bond donors (Lipinski definition) is 0. The standard InChI is InChI=1S/C22H27NO2/c1-25-15-5-4-14-8-19-21-17-10-16(17)20(24)11-22(21,18(14)9-15)6-7-23(19)12-13-2-3-13/h4-5,9,13,16-17,19,21H,2-3,6-8,10-12H2,1H3. The van der Waals surface area contributed by atoms with Crippen LogP contribution in [0.15, 0.2) is 18.2 Å². The maximum absolute atomic E-state index is 12.8. The lowest BCUT2D eigenvalue weighted by Crippen LogP contribution is -2.63. The van der Waals surface area contributed by atoms with Gasteiger partial charge < -0.3 is 4.74 Å². The molecule has 4 fully saturated rings. The third-order valence-electron chi connectivity index (χ3n) is 8.04. The van der Waals surface area contributed by atoms with E-state index in [1.165, 1.54) is 49.9 Å². The summed E-state index contributed by atoms with van der Waals surface area (Å²) >= 11 is 0. The number of carbonyl (C=O) groups is 1. The minimum Gasteiger partial charge on any atom is -0.497 e. The maximum Gasteiger partial charge on any atom is 0.137 e. The molecule has 1 aromatic rings. The van der Waals surface area contributed by atoms with Crippen molar-refractivity contribution in [2.45, 2.75) is 50.0 Å². The summed E-state index contributed by atoms with van der Waals surface area (Å²) in [7, 11) is 1.75. The predicted molar refractivity (Wildman–Crippen MR) is 95.8 cm³/mol. The fourth-order valence-electron chi connectivity index (χ4n) is 6.67. The van der Waals surface area contributed by atoms with Crippen molar-refractivity contribution in [1.82, 2.24) is 4.90 Å². The van der Waals surface area contributed by atoms with Crippen molar-refractivity contribution in [2.75, 3.05) is 20.2 Å². The summed E-state index contributed by atoms with van der Waals surface area (Å²) in [5.74, 6) is 4.20. The van der Waals surface area contributed by atoms with Gasteiger partial charge in [0, 0.05) is 30.3 Å². The van der Waals surface area contributed by atoms with Crippen LogP contribution in [-0.4, -0.2) is 36.9 Å². The number of benzene rings is 1. The minimum atomic E-state index is 0.0988. The van der Waals surface area contributed by atoms with Gasteiger partial charge in [0.1, 0.15) is 11.5 Å². The van der Waals surface area contributed by atoms with Crippen molar-refractivity contribution in [1.29, 1.82) is 0 Å². The number of hydrogen-bond acceptors (Lipinski definition) is 3. The van der Waals surface area contributed by atoms with Crippen LogP contribution in [0.1, 0.15) is 43.2 Å². The van der Waals surface area contributed by atoms with Crippen LogP contribution in [0.5, 0.6) is 5.75 Å². The van der Waals surface area contributed by atoms with Crippen molar-refractivity contribution >= 4 is 5.78 Å². The molecule has 1 aromatic carbocycles. The zero-order chi connectivity index (χ0) is 16.8. The van der Waals surface area contributed by atoms with Crippen molar-refractivity contribution in [3.63, 3.8) is 0 Å². The molecule has 2 bridgehead atoms. The highest BCUT2D eigenvalue weighted by Crippen LogP contribution is 2.65. The number of rotatable bonds is 3. The molecule has 3 heteroatoms. The summed E-state index contributed by atoms with van der Waals surface area (Å²) in [4.78, 5) is 15.6. The van der Waals surface area contributed by atoms with Gasteiger partial charge in [-0.15, -0.1) is 0 Å². The summed E-state index contributed by atoms with van der Waals surface area (Å²) in [6, 6.07) is 7.33. The van der Waals surface area contributed by atoms with Gasteiger partial charge in [-0.25, -0.2) is 0 Å². The molecule has 0 amide bonds. The van der Waals surface area contributed by atoms with E-state index < -0.39 is 0 Å². The number of nitrogens with zero attached hydrogens (tertiary/aromatic N) is 1. The maximum atomic E-state index is 12.8. The lowest BCUT2D eigenvalue weighted by Gasteiger charge is -2.58. The summed E-state index contributed by atoms with van der Waals surface area (Å²) in [5.41, 5.74) is 3.04. The molecular weight excluding hydrogens is 310 g/mol. The highest BCUT2D eigenvalue weighted by molar-refractivity contribution is 5.87. The van der Waals surface area contributed by atoms with E-state index in [9.17, 15) is 4.79 Å². The second-order valence-corrected chi connectivity index (χ2v) is 9.31. The van der Waals surface area contributed by atoms with Crippen LogP contribution in [-0.2, 0) is 16.6 Å². The molecule has 4 aliphatic carbocycles. The van der Waals surface area contributed by atoms with E-state index in [1.54, 1.807) is 7.11 Å². The Kier molecular flexibility index (Phi) is 2.88. The minimum absolute atomic E-state index is 0.0988. The smallest absolute Gasteiger partial charge is 0.137 e. The van der Waals surface area contributed by atoms with Crippen molar-refractivity contribution < 1.29 is 9.53 Å². The lowest BCUT2D eigenvalue weighted by molar-refractivity contribution is -0.128. The molecule has 0 radical (unpaired) electrons. The van der Waals surface area contributed by atoms with Crippen LogP contribution in [0, 0.1) is 23.7 Å². The lowest BCUT2D eigenvalue weighted by atomic mass is 9.52. The molecule has 6 rings (SSSR count). The van der Waals surface area contributed by atoms with Crippen LogP contribution in [0.4, 0.5) is 0 Å². The molecule has 3 nitrogen and oxygen atoms in total. The van der Waals surface area contributed by atoms with Gasteiger partial charge in [0.2, 0.25) is 0 Å². The van der Waals surface area contributed by atoms with Crippen molar-refractivity contribution in [3.05, 3.63) is 29.3 Å². The third kappa shape index (κ3) is 1.99. The number of carbonyl (C=O) groups excluding carboxylic acids is 1. The molecule has 5 aliphatic rings. The SMILES string of the molecule is COc1ccc2c(c1)C13CCN(CC4CC4)C(C2)C1C1CC1C(=O)C3. The van der Waals surface area contributed by atoms with E-state index in [0.717, 1.165) is 24.5 Å². The number of Topliss-reactive ketones (excluding diaryl/α,β-unsaturated/α-hetero) is 1. The molecule has 5 unspecified atom stereocenters. The zero-order valence-electron chi connectivity index (χ0n) is 15.0. The van der Waals surface area contributed by atoms with Crippen molar-refractivity contribution in [3.8, 4) is 5.75 Å². The summed E-state index contributed by atoms with van der Waals surface area (Å²) in [5, 5.41) is 0. The Bertz CT molecular complexity index is 754. The summed E-state index contributed by atoms with van der Waals surface area (Å²) < 4.78 is 5.55. The first-order valence-corrected chi connectivity index (χ1v) is 10.1. The molecular formula is C22H27NO2. The van der Waals surface area contributed by atoms with Crippen LogP contribution in [0.25, 0.3) is 0 Å². The van der Waals surface area contributed by atoms with Gasteiger partial charge in [-0.1, -0.05) is 6.07 Å². The van der Waals surface area contributed by atoms with Crippen molar-refractivity contribution in [2.24, 2.45) is 23.7 Å². The summed E-state index contributed by atoms with van der Waals surface area (Å²) in [6.45, 7) is 2.48. The summed E-state index contributed by atoms with van der Waals surface area (Å²) in [6.07, 6.45) is 7.14. The average Bonchev–Trinajstić information content (AvgIpc) is 3.51. The molecule has 25 heavy (non-hydrogen) atoms. The average molecular weight is 337 g/mol. The Morgan fingerprint density at radius 3 is 3.00 bits per heavy atom. The van der Waals surface area contributed by atoms with Crippen LogP contribution in [0.2, 0.25) is 0 Å². The van der Waals surface area contributed by atoms with Gasteiger partial charge in [0.05, 0.1) is 7.11 Å². The van der Waals surface area contributed by atoms with E-state index in [1.807, 2.05) is 0 Å². The Balaban J connectivity index is 1.48. The van der Waals surface area contributed by atoms with E-state index in [2.05, 4.69) is 23.1 Å². The highest BCUT2D eigenvalue weighted by atomic mass is 16.5. The van der Waals surface area contributed by atoms with Gasteiger partial charge in [0.25, 0.3) is 0 Å². The Morgan fingerprint density at radius 1 is 1.32 bits per heavy atom. The molecule has 1 saturated heterocycles. The molecule has 1 heterocycles. The number of likely N-dealkylation sites (tertiary alicyclic amines) is 1. The van der Waals surface area contributed by atoms with Gasteiger partial charge in [0.15, 0.2) is 0 Å². The van der Waals surface area contributed by atoms with Gasteiger partial charge >= 0.3 is 0 Å². The fraction of sp³-hybridized carbons (Fsp3) is 0.682. The number of ketones is 1. The Hall–Kier alpha value is -1.35. The quantitative estimate of drug-likeness (QED) is 0.848. The second-order valence-electron chi connectivity index (χ2n) is 9.31. The first kappa shape index (κ1) is 14.8. The second kappa shape index (κ2) is 4.88. The predicted octanol–water partition coefficient (Wildman–Crippen LogP) is 3.20. The van der Waals surface area contributed by atoms with Crippen LogP contribution in [0.3, 0.4) is 0 Å².